The molecule has 2 unspecified atom stereocenters. The molecule has 0 aliphatic rings. The maximum absolute atomic E-state index is 14.0. The van der Waals surface area contributed by atoms with Crippen LogP contribution in [0.3, 0.4) is 0 Å². The van der Waals surface area contributed by atoms with Crippen molar-refractivity contribution in [3.8, 4) is 16.9 Å². The van der Waals surface area contributed by atoms with Gasteiger partial charge < -0.3 is 9.84 Å². The van der Waals surface area contributed by atoms with Crippen molar-refractivity contribution in [3.63, 3.8) is 0 Å². The molecule has 2 rings (SSSR count). The highest BCUT2D eigenvalue weighted by Crippen LogP contribution is 2.30. The van der Waals surface area contributed by atoms with Gasteiger partial charge in [-0.25, -0.2) is 13.6 Å². The number of carboxylic acids is 1. The van der Waals surface area contributed by atoms with Crippen molar-refractivity contribution < 1.29 is 28.2 Å². The number of rotatable bonds is 8. The number of carbonyl (C=O) groups is 2. The predicted octanol–water partition coefficient (Wildman–Crippen LogP) is 6.25. The number of benzene rings is 2. The summed E-state index contributed by atoms with van der Waals surface area (Å²) in [7, 11) is 0. The first-order chi connectivity index (χ1) is 14.1. The summed E-state index contributed by atoms with van der Waals surface area (Å²) in [6, 6.07) is 7.00. The van der Waals surface area contributed by atoms with Gasteiger partial charge in [-0.3, -0.25) is 4.79 Å². The zero-order chi connectivity index (χ0) is 22.4. The number of halogens is 2. The highest BCUT2D eigenvalue weighted by molar-refractivity contribution is 5.93. The molecule has 0 amide bonds. The van der Waals surface area contributed by atoms with E-state index in [1.165, 1.54) is 29.8 Å². The number of allylic oxidation sites excluding steroid dienone is 2. The standard InChI is InChI=1S/C24H26F2O4/c1-5-15(3)16(4)10-14(2)11-23(27)30-22-9-6-17(12-20(22)24(28)29)19-8-7-18(25)13-21(19)26/h5-9,12-14,16H,10-11H2,1-4H3,(H,28,29)/b15-5+. The van der Waals surface area contributed by atoms with Crippen molar-refractivity contribution >= 4 is 11.9 Å². The third kappa shape index (κ3) is 5.99. The first-order valence-electron chi connectivity index (χ1n) is 9.78. The second kappa shape index (κ2) is 10.1. The molecule has 0 spiro atoms. The molecule has 0 radical (unpaired) electrons. The van der Waals surface area contributed by atoms with Gasteiger partial charge in [0, 0.05) is 18.1 Å². The largest absolute Gasteiger partial charge is 0.478 e. The maximum atomic E-state index is 14.0. The molecule has 4 nitrogen and oxygen atoms in total. The number of aromatic carboxylic acids is 1. The lowest BCUT2D eigenvalue weighted by Gasteiger charge is -2.17. The molecular formula is C24H26F2O4. The van der Waals surface area contributed by atoms with Gasteiger partial charge >= 0.3 is 11.9 Å². The van der Waals surface area contributed by atoms with Gasteiger partial charge in [0.2, 0.25) is 0 Å². The van der Waals surface area contributed by atoms with E-state index in [-0.39, 0.29) is 34.8 Å². The molecule has 0 bridgehead atoms. The van der Waals surface area contributed by atoms with Gasteiger partial charge in [0.25, 0.3) is 0 Å². The third-order valence-electron chi connectivity index (χ3n) is 5.18. The molecule has 30 heavy (non-hydrogen) atoms. The van der Waals surface area contributed by atoms with E-state index < -0.39 is 23.6 Å². The Kier molecular flexibility index (Phi) is 7.86. The van der Waals surface area contributed by atoms with Gasteiger partial charge in [-0.1, -0.05) is 31.6 Å². The molecule has 0 aromatic heterocycles. The average Bonchev–Trinajstić information content (AvgIpc) is 2.67. The fraction of sp³-hybridized carbons (Fsp3) is 0.333. The molecule has 2 atom stereocenters. The van der Waals surface area contributed by atoms with E-state index in [0.717, 1.165) is 18.6 Å². The van der Waals surface area contributed by atoms with Crippen LogP contribution in [0.1, 0.15) is 50.9 Å². The quantitative estimate of drug-likeness (QED) is 0.314. The second-order valence-electron chi connectivity index (χ2n) is 7.59. The minimum Gasteiger partial charge on any atom is -0.478 e. The monoisotopic (exact) mass is 416 g/mol. The summed E-state index contributed by atoms with van der Waals surface area (Å²) in [5.74, 6) is -3.10. The summed E-state index contributed by atoms with van der Waals surface area (Å²) < 4.78 is 32.5. The molecule has 2 aromatic rings. The van der Waals surface area contributed by atoms with Crippen LogP contribution in [0.2, 0.25) is 0 Å². The number of carbonyl (C=O) groups excluding carboxylic acids is 1. The Labute approximate surface area is 175 Å². The third-order valence-corrected chi connectivity index (χ3v) is 5.18. The van der Waals surface area contributed by atoms with Crippen molar-refractivity contribution in [2.75, 3.05) is 0 Å². The molecule has 1 N–H and O–H groups in total. The number of carboxylic acid groups (broad SMARTS) is 1. The molecule has 0 heterocycles. The normalized spacial score (nSPS) is 13.6. The number of ether oxygens (including phenoxy) is 1. The van der Waals surface area contributed by atoms with E-state index in [1.807, 2.05) is 26.8 Å². The minimum absolute atomic E-state index is 0.0544. The Balaban J connectivity index is 2.17. The van der Waals surface area contributed by atoms with Crippen LogP contribution >= 0.6 is 0 Å². The van der Waals surface area contributed by atoms with Gasteiger partial charge in [-0.2, -0.15) is 0 Å². The highest BCUT2D eigenvalue weighted by Gasteiger charge is 2.20. The van der Waals surface area contributed by atoms with Crippen LogP contribution in [0, 0.1) is 23.5 Å². The van der Waals surface area contributed by atoms with Crippen LogP contribution in [0.25, 0.3) is 11.1 Å². The summed E-state index contributed by atoms with van der Waals surface area (Å²) in [6.45, 7) is 8.05. The highest BCUT2D eigenvalue weighted by atomic mass is 19.1. The fourth-order valence-corrected chi connectivity index (χ4v) is 3.28. The lowest BCUT2D eigenvalue weighted by molar-refractivity contribution is -0.135. The zero-order valence-corrected chi connectivity index (χ0v) is 17.5. The predicted molar refractivity (Wildman–Crippen MR) is 111 cm³/mol. The topological polar surface area (TPSA) is 63.6 Å². The number of esters is 1. The van der Waals surface area contributed by atoms with Gasteiger partial charge in [0.1, 0.15) is 22.9 Å². The van der Waals surface area contributed by atoms with E-state index in [9.17, 15) is 23.5 Å². The van der Waals surface area contributed by atoms with Crippen LogP contribution in [0.15, 0.2) is 48.0 Å². The fourth-order valence-electron chi connectivity index (χ4n) is 3.28. The van der Waals surface area contributed by atoms with Crippen molar-refractivity contribution in [2.24, 2.45) is 11.8 Å². The first kappa shape index (κ1) is 23.3. The molecule has 160 valence electrons. The Morgan fingerprint density at radius 3 is 2.43 bits per heavy atom. The number of hydrogen-bond donors (Lipinski definition) is 1. The summed E-state index contributed by atoms with van der Waals surface area (Å²) in [5.41, 5.74) is 1.27. The van der Waals surface area contributed by atoms with Crippen molar-refractivity contribution in [2.45, 2.75) is 40.5 Å². The molecule has 0 saturated carbocycles. The number of hydrogen-bond acceptors (Lipinski definition) is 3. The first-order valence-corrected chi connectivity index (χ1v) is 9.78. The smallest absolute Gasteiger partial charge is 0.339 e. The minimum atomic E-state index is -1.31. The molecule has 0 aliphatic heterocycles. The molecule has 0 fully saturated rings. The van der Waals surface area contributed by atoms with Gasteiger partial charge in [0.05, 0.1) is 0 Å². The Morgan fingerprint density at radius 1 is 1.13 bits per heavy atom. The molecule has 0 saturated heterocycles. The van der Waals surface area contributed by atoms with Crippen molar-refractivity contribution in [1.29, 1.82) is 0 Å². The van der Waals surface area contributed by atoms with Crippen molar-refractivity contribution in [1.82, 2.24) is 0 Å². The zero-order valence-electron chi connectivity index (χ0n) is 17.5. The van der Waals surface area contributed by atoms with Crippen LogP contribution in [0.4, 0.5) is 8.78 Å². The maximum Gasteiger partial charge on any atom is 0.339 e. The van der Waals surface area contributed by atoms with E-state index in [4.69, 9.17) is 4.74 Å². The molecule has 0 aliphatic carbocycles. The molecule has 6 heteroatoms. The van der Waals surface area contributed by atoms with E-state index in [1.54, 1.807) is 0 Å². The van der Waals surface area contributed by atoms with Crippen LogP contribution in [-0.4, -0.2) is 17.0 Å². The summed E-state index contributed by atoms with van der Waals surface area (Å²) in [5, 5.41) is 9.50. The lowest BCUT2D eigenvalue weighted by Crippen LogP contribution is -2.16. The van der Waals surface area contributed by atoms with E-state index in [0.29, 0.717) is 5.92 Å². The van der Waals surface area contributed by atoms with E-state index >= 15 is 0 Å². The van der Waals surface area contributed by atoms with E-state index in [2.05, 4.69) is 6.92 Å². The van der Waals surface area contributed by atoms with Crippen LogP contribution < -0.4 is 4.74 Å². The van der Waals surface area contributed by atoms with Gasteiger partial charge in [-0.15, -0.1) is 0 Å². The van der Waals surface area contributed by atoms with Gasteiger partial charge in [-0.05, 0) is 61.9 Å². The Bertz CT molecular complexity index is 966. The molecular weight excluding hydrogens is 390 g/mol. The summed E-state index contributed by atoms with van der Waals surface area (Å²) >= 11 is 0. The summed E-state index contributed by atoms with van der Waals surface area (Å²) in [6.07, 6.45) is 2.99. The van der Waals surface area contributed by atoms with Gasteiger partial charge in [0.15, 0.2) is 0 Å². The second-order valence-corrected chi connectivity index (χ2v) is 7.59. The van der Waals surface area contributed by atoms with Crippen LogP contribution in [-0.2, 0) is 4.79 Å². The van der Waals surface area contributed by atoms with Crippen molar-refractivity contribution in [3.05, 3.63) is 65.2 Å². The lowest BCUT2D eigenvalue weighted by atomic mass is 9.90. The Hall–Kier alpha value is -3.02. The average molecular weight is 416 g/mol. The SMILES string of the molecule is C/C=C(\C)C(C)CC(C)CC(=O)Oc1ccc(-c2ccc(F)cc2F)cc1C(=O)O. The molecule has 2 aromatic carbocycles. The summed E-state index contributed by atoms with van der Waals surface area (Å²) in [4.78, 5) is 24.0. The van der Waals surface area contributed by atoms with Crippen LogP contribution in [0.5, 0.6) is 5.75 Å². The Morgan fingerprint density at radius 2 is 1.83 bits per heavy atom.